The molecule has 5 nitrogen and oxygen atoms in total. The molecule has 2 aliphatic rings. The average Bonchev–Trinajstić information content (AvgIpc) is 2.76. The van der Waals surface area contributed by atoms with E-state index in [0.29, 0.717) is 6.04 Å². The molecule has 2 fully saturated rings. The molecule has 6 heteroatoms. The fourth-order valence-corrected chi connectivity index (χ4v) is 5.16. The van der Waals surface area contributed by atoms with Gasteiger partial charge in [-0.3, -0.25) is 4.79 Å². The lowest BCUT2D eigenvalue weighted by Crippen LogP contribution is -2.46. The fraction of sp³-hybridized carbons (Fsp3) is 0.522. The monoisotopic (exact) mass is 410 g/mol. The molecule has 0 spiro atoms. The number of nitrogens with zero attached hydrogens (tertiary/aromatic N) is 3. The molecule has 2 aromatic rings. The molecule has 1 aromatic heterocycles. The number of anilines is 1. The predicted octanol–water partition coefficient (Wildman–Crippen LogP) is 4.60. The first-order valence-electron chi connectivity index (χ1n) is 10.8. The van der Waals surface area contributed by atoms with Crippen LogP contribution in [0.3, 0.4) is 0 Å². The zero-order valence-electron chi connectivity index (χ0n) is 17.1. The highest BCUT2D eigenvalue weighted by Gasteiger charge is 2.29. The molecule has 0 radical (unpaired) electrons. The number of aromatic nitrogens is 2. The van der Waals surface area contributed by atoms with Gasteiger partial charge in [-0.15, -0.1) is 0 Å². The smallest absolute Gasteiger partial charge is 0.225 e. The molecule has 4 rings (SSSR count). The summed E-state index contributed by atoms with van der Waals surface area (Å²) in [5.74, 6) is 1.15. The summed E-state index contributed by atoms with van der Waals surface area (Å²) < 4.78 is 0. The number of rotatable bonds is 5. The van der Waals surface area contributed by atoms with E-state index in [1.54, 1.807) is 24.2 Å². The Balaban J connectivity index is 1.44. The van der Waals surface area contributed by atoms with Gasteiger partial charge in [0.25, 0.3) is 0 Å². The van der Waals surface area contributed by atoms with Crippen LogP contribution in [0.1, 0.15) is 50.5 Å². The van der Waals surface area contributed by atoms with Gasteiger partial charge >= 0.3 is 0 Å². The minimum absolute atomic E-state index is 0.0323. The molecule has 1 aliphatic heterocycles. The molecule has 154 valence electrons. The number of carbonyl (C=O) groups excluding carboxylic acids is 1. The molecular formula is C23H30N4OS. The molecular weight excluding hydrogens is 380 g/mol. The van der Waals surface area contributed by atoms with E-state index in [1.807, 2.05) is 0 Å². The average molecular weight is 411 g/mol. The second kappa shape index (κ2) is 9.61. The van der Waals surface area contributed by atoms with Gasteiger partial charge in [0.15, 0.2) is 5.82 Å². The second-order valence-corrected chi connectivity index (χ2v) is 9.29. The summed E-state index contributed by atoms with van der Waals surface area (Å²) in [6.45, 7) is 3.74. The van der Waals surface area contributed by atoms with Crippen molar-refractivity contribution in [2.24, 2.45) is 5.92 Å². The highest BCUT2D eigenvalue weighted by Crippen LogP contribution is 2.34. The van der Waals surface area contributed by atoms with Gasteiger partial charge in [0.2, 0.25) is 5.91 Å². The van der Waals surface area contributed by atoms with Crippen LogP contribution in [0.4, 0.5) is 5.82 Å². The Morgan fingerprint density at radius 1 is 1.03 bits per heavy atom. The van der Waals surface area contributed by atoms with E-state index in [-0.39, 0.29) is 11.8 Å². The first kappa shape index (κ1) is 20.2. The highest BCUT2D eigenvalue weighted by molar-refractivity contribution is 7.99. The topological polar surface area (TPSA) is 58.1 Å². The van der Waals surface area contributed by atoms with Gasteiger partial charge in [-0.25, -0.2) is 9.97 Å². The first-order chi connectivity index (χ1) is 14.2. The van der Waals surface area contributed by atoms with Crippen LogP contribution in [0.2, 0.25) is 0 Å². The van der Waals surface area contributed by atoms with Crippen LogP contribution in [-0.4, -0.2) is 35.0 Å². The lowest BCUT2D eigenvalue weighted by molar-refractivity contribution is -0.126. The maximum absolute atomic E-state index is 12.9. The second-order valence-electron chi connectivity index (χ2n) is 8.23. The quantitative estimate of drug-likeness (QED) is 0.780. The molecule has 1 saturated heterocycles. The molecule has 1 aromatic carbocycles. The molecule has 0 bridgehead atoms. The minimum Gasteiger partial charge on any atom is -0.354 e. The maximum Gasteiger partial charge on any atom is 0.225 e. The minimum atomic E-state index is 0.0323. The number of hydrogen-bond donors (Lipinski definition) is 1. The molecule has 1 atom stereocenters. The Bertz CT molecular complexity index is 820. The van der Waals surface area contributed by atoms with Crippen molar-refractivity contribution in [3.63, 3.8) is 0 Å². The summed E-state index contributed by atoms with van der Waals surface area (Å²) in [6, 6.07) is 8.84. The summed E-state index contributed by atoms with van der Waals surface area (Å²) in [7, 11) is 0. The van der Waals surface area contributed by atoms with Crippen molar-refractivity contribution in [3.8, 4) is 0 Å². The van der Waals surface area contributed by atoms with E-state index >= 15 is 0 Å². The first-order valence-corrected chi connectivity index (χ1v) is 11.6. The number of carbonyl (C=O) groups is 1. The van der Waals surface area contributed by atoms with Crippen molar-refractivity contribution >= 4 is 23.5 Å². The summed E-state index contributed by atoms with van der Waals surface area (Å²) in [5, 5.41) is 4.22. The Labute approximate surface area is 177 Å². The molecule has 1 N–H and O–H groups in total. The number of nitrogens with one attached hydrogen (secondary N) is 1. The van der Waals surface area contributed by atoms with Gasteiger partial charge in [-0.05, 0) is 44.7 Å². The maximum atomic E-state index is 12.9. The van der Waals surface area contributed by atoms with Gasteiger partial charge in [0.05, 0.1) is 5.92 Å². The number of aryl methyl sites for hydroxylation is 1. The van der Waals surface area contributed by atoms with E-state index in [1.165, 1.54) is 24.8 Å². The van der Waals surface area contributed by atoms with E-state index in [9.17, 15) is 4.79 Å². The Morgan fingerprint density at radius 2 is 1.79 bits per heavy atom. The normalized spacial score (nSPS) is 20.4. The van der Waals surface area contributed by atoms with Crippen LogP contribution in [0, 0.1) is 12.8 Å². The van der Waals surface area contributed by atoms with Gasteiger partial charge in [0.1, 0.15) is 5.03 Å². The molecule has 1 amide bonds. The molecule has 1 saturated carbocycles. The third-order valence-electron chi connectivity index (χ3n) is 5.93. The van der Waals surface area contributed by atoms with Crippen molar-refractivity contribution in [3.05, 3.63) is 42.2 Å². The Hall–Kier alpha value is -2.08. The third kappa shape index (κ3) is 5.30. The number of amides is 1. The van der Waals surface area contributed by atoms with Gasteiger partial charge in [-0.1, -0.05) is 48.7 Å². The van der Waals surface area contributed by atoms with Crippen LogP contribution in [0.25, 0.3) is 0 Å². The Kier molecular flexibility index (Phi) is 6.70. The highest BCUT2D eigenvalue weighted by atomic mass is 32.2. The van der Waals surface area contributed by atoms with Crippen molar-refractivity contribution in [1.82, 2.24) is 15.3 Å². The fourth-order valence-electron chi connectivity index (χ4n) is 4.27. The van der Waals surface area contributed by atoms with E-state index in [0.717, 1.165) is 54.5 Å². The van der Waals surface area contributed by atoms with E-state index in [4.69, 9.17) is 0 Å². The van der Waals surface area contributed by atoms with E-state index < -0.39 is 0 Å². The number of hydrogen-bond acceptors (Lipinski definition) is 5. The molecule has 1 aliphatic carbocycles. The number of benzene rings is 1. The lowest BCUT2D eigenvalue weighted by atomic mass is 9.93. The van der Waals surface area contributed by atoms with Crippen LogP contribution < -0.4 is 10.2 Å². The summed E-state index contributed by atoms with van der Waals surface area (Å²) in [6.07, 6.45) is 11.5. The van der Waals surface area contributed by atoms with Crippen LogP contribution in [0.15, 0.2) is 46.6 Å². The van der Waals surface area contributed by atoms with Crippen LogP contribution in [-0.2, 0) is 4.79 Å². The van der Waals surface area contributed by atoms with Crippen LogP contribution in [0.5, 0.6) is 0 Å². The van der Waals surface area contributed by atoms with Crippen LogP contribution >= 0.6 is 11.8 Å². The molecule has 2 heterocycles. The van der Waals surface area contributed by atoms with Crippen molar-refractivity contribution in [1.29, 1.82) is 0 Å². The van der Waals surface area contributed by atoms with Crippen molar-refractivity contribution < 1.29 is 4.79 Å². The van der Waals surface area contributed by atoms with Crippen molar-refractivity contribution in [2.75, 3.05) is 18.0 Å². The largest absolute Gasteiger partial charge is 0.354 e. The molecule has 0 unspecified atom stereocenters. The zero-order valence-corrected chi connectivity index (χ0v) is 18.0. The van der Waals surface area contributed by atoms with Gasteiger partial charge < -0.3 is 10.2 Å². The summed E-state index contributed by atoms with van der Waals surface area (Å²) in [5.41, 5.74) is 1.25. The number of piperidine rings is 1. The molecule has 29 heavy (non-hydrogen) atoms. The zero-order chi connectivity index (χ0) is 20.1. The lowest BCUT2D eigenvalue weighted by Gasteiger charge is -2.34. The Morgan fingerprint density at radius 3 is 2.59 bits per heavy atom. The summed E-state index contributed by atoms with van der Waals surface area (Å²) in [4.78, 5) is 25.5. The van der Waals surface area contributed by atoms with Gasteiger partial charge in [0, 0.05) is 36.4 Å². The van der Waals surface area contributed by atoms with Crippen molar-refractivity contribution in [2.45, 2.75) is 67.8 Å². The third-order valence-corrected chi connectivity index (χ3v) is 6.91. The van der Waals surface area contributed by atoms with E-state index in [2.05, 4.69) is 51.4 Å². The predicted molar refractivity (Wildman–Crippen MR) is 117 cm³/mol. The van der Waals surface area contributed by atoms with Gasteiger partial charge in [-0.2, -0.15) is 0 Å². The SMILES string of the molecule is Cc1ccc(Sc2nccnc2N2CCC[C@@H](C(=O)NC3CCCCC3)C2)cc1. The standard InChI is InChI=1S/C23H30N4OS/c1-17-9-11-20(12-10-17)29-23-21(24-13-14-25-23)27-15-5-6-18(16-27)22(28)26-19-7-3-2-4-8-19/h9-14,18-19H,2-8,15-16H2,1H3,(H,26,28)/t18-/m1/s1. The summed E-state index contributed by atoms with van der Waals surface area (Å²) >= 11 is 1.64.